The minimum absolute atomic E-state index is 0. The molecule has 8 heteroatoms. The molecule has 0 aliphatic rings. The topological polar surface area (TPSA) is 92.5 Å². The summed E-state index contributed by atoms with van der Waals surface area (Å²) in [5.74, 6) is -0.290. The van der Waals surface area contributed by atoms with E-state index in [-0.39, 0.29) is 29.5 Å². The van der Waals surface area contributed by atoms with Crippen LogP contribution >= 0.6 is 12.4 Å². The Balaban J connectivity index is 0.00000484. The highest BCUT2D eigenvalue weighted by Gasteiger charge is 2.24. The zero-order chi connectivity index (χ0) is 17.0. The Hall–Kier alpha value is -1.31. The molecule has 0 radical (unpaired) electrons. The molecule has 6 nitrogen and oxygen atoms in total. The van der Waals surface area contributed by atoms with Gasteiger partial charge in [0.25, 0.3) is 5.91 Å². The van der Waals surface area contributed by atoms with Crippen molar-refractivity contribution >= 4 is 34.0 Å². The first kappa shape index (κ1) is 21.7. The number of anilines is 1. The number of hydrogen-bond acceptors (Lipinski definition) is 4. The van der Waals surface area contributed by atoms with E-state index in [1.165, 1.54) is 0 Å². The molecule has 0 fully saturated rings. The molecule has 0 aliphatic heterocycles. The maximum Gasteiger partial charge on any atom is 0.255 e. The second-order valence-corrected chi connectivity index (χ2v) is 8.09. The Labute approximate surface area is 144 Å². The molecular formula is C15H26ClN3O3S. The maximum absolute atomic E-state index is 12.6. The summed E-state index contributed by atoms with van der Waals surface area (Å²) in [6, 6.07) is 6.59. The zero-order valence-electron chi connectivity index (χ0n) is 14.0. The van der Waals surface area contributed by atoms with E-state index in [4.69, 9.17) is 5.73 Å². The monoisotopic (exact) mass is 363 g/mol. The Kier molecular flexibility index (Phi) is 8.03. The first-order valence-electron chi connectivity index (χ1n) is 7.17. The zero-order valence-corrected chi connectivity index (χ0v) is 15.6. The fourth-order valence-electron chi connectivity index (χ4n) is 1.98. The van der Waals surface area contributed by atoms with Crippen molar-refractivity contribution in [1.29, 1.82) is 0 Å². The predicted molar refractivity (Wildman–Crippen MR) is 96.6 cm³/mol. The number of nitrogens with zero attached hydrogens (tertiary/aromatic N) is 1. The van der Waals surface area contributed by atoms with E-state index in [1.807, 2.05) is 13.8 Å². The Morgan fingerprint density at radius 2 is 1.87 bits per heavy atom. The van der Waals surface area contributed by atoms with Gasteiger partial charge in [0.2, 0.25) is 10.0 Å². The van der Waals surface area contributed by atoms with Crippen molar-refractivity contribution in [1.82, 2.24) is 4.90 Å². The number of amides is 1. The summed E-state index contributed by atoms with van der Waals surface area (Å²) in [4.78, 5) is 14.1. The van der Waals surface area contributed by atoms with Gasteiger partial charge in [0.05, 0.1) is 17.0 Å². The van der Waals surface area contributed by atoms with Crippen molar-refractivity contribution in [3.05, 3.63) is 29.8 Å². The molecule has 0 saturated carbocycles. The molecule has 1 aromatic carbocycles. The molecule has 0 atom stereocenters. The van der Waals surface area contributed by atoms with Crippen LogP contribution in [0.5, 0.6) is 0 Å². The molecule has 0 bridgehead atoms. The third kappa shape index (κ3) is 6.37. The first-order valence-corrected chi connectivity index (χ1v) is 8.82. The van der Waals surface area contributed by atoms with Crippen LogP contribution in [0.4, 0.5) is 5.69 Å². The third-order valence-electron chi connectivity index (χ3n) is 3.37. The summed E-state index contributed by atoms with van der Waals surface area (Å²) in [7, 11) is -1.75. The summed E-state index contributed by atoms with van der Waals surface area (Å²) in [5.41, 5.74) is 6.12. The van der Waals surface area contributed by atoms with Crippen LogP contribution in [0, 0.1) is 5.41 Å². The average molecular weight is 364 g/mol. The number of carbonyl (C=O) groups is 1. The minimum Gasteiger partial charge on any atom is -0.341 e. The number of rotatable bonds is 7. The number of nitrogens with one attached hydrogen (secondary N) is 1. The van der Waals surface area contributed by atoms with Crippen LogP contribution in [0.3, 0.4) is 0 Å². The van der Waals surface area contributed by atoms with Crippen molar-refractivity contribution in [3.8, 4) is 0 Å². The molecule has 0 heterocycles. The average Bonchev–Trinajstić information content (AvgIpc) is 2.46. The van der Waals surface area contributed by atoms with Crippen molar-refractivity contribution in [3.63, 3.8) is 0 Å². The number of halogens is 1. The van der Waals surface area contributed by atoms with Gasteiger partial charge in [-0.15, -0.1) is 12.4 Å². The van der Waals surface area contributed by atoms with E-state index in [0.717, 1.165) is 0 Å². The van der Waals surface area contributed by atoms with Gasteiger partial charge in [0.1, 0.15) is 0 Å². The summed E-state index contributed by atoms with van der Waals surface area (Å²) >= 11 is 0. The number of sulfonamides is 1. The molecule has 0 aromatic heterocycles. The molecule has 0 saturated heterocycles. The van der Waals surface area contributed by atoms with Crippen LogP contribution in [0.1, 0.15) is 31.1 Å². The number of hydrogen-bond donors (Lipinski definition) is 2. The predicted octanol–water partition coefficient (Wildman–Crippen LogP) is 1.93. The summed E-state index contributed by atoms with van der Waals surface area (Å²) < 4.78 is 25.9. The van der Waals surface area contributed by atoms with Crippen molar-refractivity contribution in [2.75, 3.05) is 30.6 Å². The van der Waals surface area contributed by atoms with Gasteiger partial charge in [-0.05, 0) is 31.0 Å². The molecular weight excluding hydrogens is 338 g/mol. The lowest BCUT2D eigenvalue weighted by atomic mass is 9.93. The van der Waals surface area contributed by atoms with Gasteiger partial charge >= 0.3 is 0 Å². The van der Waals surface area contributed by atoms with E-state index in [0.29, 0.717) is 24.3 Å². The van der Waals surface area contributed by atoms with Crippen molar-refractivity contribution in [2.45, 2.75) is 20.8 Å². The molecule has 1 aromatic rings. The molecule has 1 rings (SSSR count). The molecule has 3 N–H and O–H groups in total. The van der Waals surface area contributed by atoms with Gasteiger partial charge in [0.15, 0.2) is 0 Å². The molecule has 132 valence electrons. The number of benzene rings is 1. The minimum atomic E-state index is -3.43. The fourth-order valence-corrected chi connectivity index (χ4v) is 2.64. The van der Waals surface area contributed by atoms with Gasteiger partial charge in [-0.3, -0.25) is 9.52 Å². The van der Waals surface area contributed by atoms with Crippen LogP contribution in [0.2, 0.25) is 0 Å². The van der Waals surface area contributed by atoms with Crippen LogP contribution in [-0.4, -0.2) is 45.1 Å². The van der Waals surface area contributed by atoms with Crippen molar-refractivity contribution < 1.29 is 13.2 Å². The lowest BCUT2D eigenvalue weighted by Crippen LogP contribution is -2.40. The van der Waals surface area contributed by atoms with Crippen molar-refractivity contribution in [2.24, 2.45) is 11.1 Å². The summed E-state index contributed by atoms with van der Waals surface area (Å²) in [6.45, 7) is 6.43. The Morgan fingerprint density at radius 3 is 2.39 bits per heavy atom. The van der Waals surface area contributed by atoms with Gasteiger partial charge < -0.3 is 10.6 Å². The van der Waals surface area contributed by atoms with Gasteiger partial charge in [0, 0.05) is 13.6 Å². The van der Waals surface area contributed by atoms with Gasteiger partial charge in [-0.1, -0.05) is 26.0 Å². The van der Waals surface area contributed by atoms with Crippen LogP contribution in [0.15, 0.2) is 24.3 Å². The molecule has 0 aliphatic carbocycles. The van der Waals surface area contributed by atoms with Gasteiger partial charge in [-0.25, -0.2) is 8.42 Å². The van der Waals surface area contributed by atoms with E-state index in [1.54, 1.807) is 43.1 Å². The van der Waals surface area contributed by atoms with E-state index < -0.39 is 10.0 Å². The van der Waals surface area contributed by atoms with E-state index in [2.05, 4.69) is 4.72 Å². The highest BCUT2D eigenvalue weighted by Crippen LogP contribution is 2.21. The molecule has 0 spiro atoms. The molecule has 23 heavy (non-hydrogen) atoms. The summed E-state index contributed by atoms with van der Waals surface area (Å²) in [6.07, 6.45) is 0. The fraction of sp³-hybridized carbons (Fsp3) is 0.533. The van der Waals surface area contributed by atoms with Gasteiger partial charge in [-0.2, -0.15) is 0 Å². The lowest BCUT2D eigenvalue weighted by molar-refractivity contribution is 0.0741. The standard InChI is InChI=1S/C15H25N3O3S.ClH/c1-5-22(20,21)17-13-9-7-6-8-12(13)14(19)18(4)11-15(2,3)10-16;/h6-9,17H,5,10-11,16H2,1-4H3;1H. The molecule has 1 amide bonds. The Morgan fingerprint density at radius 1 is 1.30 bits per heavy atom. The third-order valence-corrected chi connectivity index (χ3v) is 4.66. The van der Waals surface area contributed by atoms with Crippen LogP contribution in [0.25, 0.3) is 0 Å². The SMILES string of the molecule is CCS(=O)(=O)Nc1ccccc1C(=O)N(C)CC(C)(C)CN.Cl. The Bertz CT molecular complexity index is 633. The normalized spacial score (nSPS) is 11.5. The maximum atomic E-state index is 12.6. The largest absolute Gasteiger partial charge is 0.341 e. The first-order chi connectivity index (χ1) is 10.1. The second-order valence-electron chi connectivity index (χ2n) is 6.08. The van der Waals surface area contributed by atoms with E-state index in [9.17, 15) is 13.2 Å². The summed E-state index contributed by atoms with van der Waals surface area (Å²) in [5, 5.41) is 0. The quantitative estimate of drug-likeness (QED) is 0.774. The molecule has 0 unspecified atom stereocenters. The highest BCUT2D eigenvalue weighted by molar-refractivity contribution is 7.92. The number of nitrogens with two attached hydrogens (primary N) is 1. The highest BCUT2D eigenvalue weighted by atomic mass is 35.5. The smallest absolute Gasteiger partial charge is 0.255 e. The number of carbonyl (C=O) groups excluding carboxylic acids is 1. The lowest BCUT2D eigenvalue weighted by Gasteiger charge is -2.29. The van der Waals surface area contributed by atoms with Crippen LogP contribution < -0.4 is 10.5 Å². The van der Waals surface area contributed by atoms with E-state index >= 15 is 0 Å². The number of para-hydroxylation sites is 1. The van der Waals surface area contributed by atoms with Crippen LogP contribution in [-0.2, 0) is 10.0 Å². The second kappa shape index (κ2) is 8.52.